The van der Waals surface area contributed by atoms with Crippen LogP contribution in [-0.4, -0.2) is 17.0 Å². The average Bonchev–Trinajstić information content (AvgIpc) is 3.06. The summed E-state index contributed by atoms with van der Waals surface area (Å²) in [5.41, 5.74) is 4.28. The van der Waals surface area contributed by atoms with E-state index in [2.05, 4.69) is 10.5 Å². The first-order valence-corrected chi connectivity index (χ1v) is 8.82. The minimum absolute atomic E-state index is 0.0281. The molecular formula is C18H17N3O3S. The fourth-order valence-corrected chi connectivity index (χ4v) is 3.88. The molecule has 7 heteroatoms. The molecule has 2 aromatic rings. The first-order chi connectivity index (χ1) is 12.1. The van der Waals surface area contributed by atoms with Crippen LogP contribution in [-0.2, 0) is 12.8 Å². The normalized spacial score (nSPS) is 13.9. The quantitative estimate of drug-likeness (QED) is 0.500. The number of para-hydroxylation sites is 1. The number of thiophene rings is 1. The van der Waals surface area contributed by atoms with E-state index in [4.69, 9.17) is 0 Å². The van der Waals surface area contributed by atoms with Crippen LogP contribution in [0.2, 0.25) is 0 Å². The number of nitrogens with one attached hydrogen (secondary N) is 1. The summed E-state index contributed by atoms with van der Waals surface area (Å²) in [4.78, 5) is 24.6. The number of benzene rings is 1. The van der Waals surface area contributed by atoms with Gasteiger partial charge in [-0.15, -0.1) is 11.3 Å². The number of rotatable bonds is 5. The van der Waals surface area contributed by atoms with Crippen LogP contribution in [0.15, 0.2) is 41.5 Å². The molecule has 3 rings (SSSR count). The largest absolute Gasteiger partial charge is 0.281 e. The molecule has 0 spiro atoms. The molecule has 128 valence electrons. The Hall–Kier alpha value is -2.80. The smallest absolute Gasteiger partial charge is 0.266 e. The Kier molecular flexibility index (Phi) is 5.35. The summed E-state index contributed by atoms with van der Waals surface area (Å²) < 4.78 is 0. The van der Waals surface area contributed by atoms with Crippen molar-refractivity contribution in [1.29, 1.82) is 0 Å². The van der Waals surface area contributed by atoms with Gasteiger partial charge in [0.25, 0.3) is 11.6 Å². The Labute approximate surface area is 149 Å². The maximum atomic E-state index is 12.1. The van der Waals surface area contributed by atoms with Crippen molar-refractivity contribution in [3.63, 3.8) is 0 Å². The van der Waals surface area contributed by atoms with Crippen LogP contribution in [0.5, 0.6) is 0 Å². The van der Waals surface area contributed by atoms with Gasteiger partial charge in [-0.05, 0) is 55.5 Å². The van der Waals surface area contributed by atoms with E-state index in [1.165, 1.54) is 46.9 Å². The van der Waals surface area contributed by atoms with Crippen LogP contribution >= 0.6 is 11.3 Å². The van der Waals surface area contributed by atoms with Gasteiger partial charge < -0.3 is 0 Å². The van der Waals surface area contributed by atoms with Crippen molar-refractivity contribution < 1.29 is 9.72 Å². The molecule has 25 heavy (non-hydrogen) atoms. The number of hydrazone groups is 1. The summed E-state index contributed by atoms with van der Waals surface area (Å²) >= 11 is 1.53. The molecule has 0 saturated carbocycles. The highest BCUT2D eigenvalue weighted by molar-refractivity contribution is 7.14. The highest BCUT2D eigenvalue weighted by Crippen LogP contribution is 2.29. The van der Waals surface area contributed by atoms with E-state index in [1.54, 1.807) is 30.4 Å². The lowest BCUT2D eigenvalue weighted by Crippen LogP contribution is -2.15. The van der Waals surface area contributed by atoms with Crippen LogP contribution in [0.25, 0.3) is 6.08 Å². The lowest BCUT2D eigenvalue weighted by molar-refractivity contribution is -0.385. The van der Waals surface area contributed by atoms with Gasteiger partial charge in [-0.25, -0.2) is 5.43 Å². The second-order valence-corrected chi connectivity index (χ2v) is 6.80. The number of carbonyl (C=O) groups excluding carboxylic acids is 1. The van der Waals surface area contributed by atoms with Crippen LogP contribution < -0.4 is 5.43 Å². The van der Waals surface area contributed by atoms with E-state index < -0.39 is 4.92 Å². The molecule has 0 radical (unpaired) electrons. The fourth-order valence-electron chi connectivity index (χ4n) is 2.74. The molecular weight excluding hydrogens is 338 g/mol. The Morgan fingerprint density at radius 2 is 2.08 bits per heavy atom. The van der Waals surface area contributed by atoms with E-state index >= 15 is 0 Å². The van der Waals surface area contributed by atoms with Gasteiger partial charge in [0.2, 0.25) is 0 Å². The van der Waals surface area contributed by atoms with Gasteiger partial charge in [-0.2, -0.15) is 5.10 Å². The number of allylic oxidation sites excluding steroid dienone is 1. The number of hydrogen-bond donors (Lipinski definition) is 1. The number of carbonyl (C=O) groups is 1. The van der Waals surface area contributed by atoms with Crippen LogP contribution in [0.4, 0.5) is 5.69 Å². The molecule has 0 fully saturated rings. The molecule has 0 bridgehead atoms. The van der Waals surface area contributed by atoms with E-state index in [-0.39, 0.29) is 11.6 Å². The van der Waals surface area contributed by atoms with Crippen molar-refractivity contribution in [1.82, 2.24) is 5.43 Å². The number of aryl methyl sites for hydroxylation is 2. The van der Waals surface area contributed by atoms with Gasteiger partial charge in [-0.3, -0.25) is 14.9 Å². The highest BCUT2D eigenvalue weighted by Gasteiger charge is 2.16. The second-order valence-electron chi connectivity index (χ2n) is 5.66. The van der Waals surface area contributed by atoms with Gasteiger partial charge >= 0.3 is 0 Å². The molecule has 1 heterocycles. The standard InChI is InChI=1S/C18H17N3O3S/c22-18(17-12-14-7-2-4-10-16(14)25-17)20-19-11-5-8-13-6-1-3-9-15(13)21(23)24/h1,3,5-6,8-9,11-12H,2,4,7,10H2,(H,20,22)/b8-5+,19-11+. The maximum Gasteiger partial charge on any atom is 0.281 e. The fraction of sp³-hybridized carbons (Fsp3) is 0.222. The minimum atomic E-state index is -0.433. The molecule has 0 unspecified atom stereocenters. The lowest BCUT2D eigenvalue weighted by atomic mass is 9.99. The number of nitro groups is 1. The van der Waals surface area contributed by atoms with Crippen molar-refractivity contribution in [2.75, 3.05) is 0 Å². The van der Waals surface area contributed by atoms with Gasteiger partial charge in [0.15, 0.2) is 0 Å². The third-order valence-corrected chi connectivity index (χ3v) is 5.19. The van der Waals surface area contributed by atoms with Crippen LogP contribution in [0.3, 0.4) is 0 Å². The molecule has 1 aromatic heterocycles. The predicted octanol–water partition coefficient (Wildman–Crippen LogP) is 3.96. The Bertz CT molecular complexity index is 832. The van der Waals surface area contributed by atoms with Gasteiger partial charge in [0.1, 0.15) is 0 Å². The third-order valence-electron chi connectivity index (χ3n) is 3.96. The number of nitrogens with zero attached hydrogens (tertiary/aromatic N) is 2. The lowest BCUT2D eigenvalue weighted by Gasteiger charge is -2.08. The molecule has 1 aliphatic carbocycles. The predicted molar refractivity (Wildman–Crippen MR) is 99.0 cm³/mol. The van der Waals surface area contributed by atoms with E-state index in [1.807, 2.05) is 6.07 Å². The van der Waals surface area contributed by atoms with E-state index in [9.17, 15) is 14.9 Å². The Morgan fingerprint density at radius 3 is 2.88 bits per heavy atom. The minimum Gasteiger partial charge on any atom is -0.266 e. The zero-order valence-electron chi connectivity index (χ0n) is 13.5. The summed E-state index contributed by atoms with van der Waals surface area (Å²) in [5.74, 6) is -0.227. The van der Waals surface area contributed by atoms with Crippen molar-refractivity contribution in [2.45, 2.75) is 25.7 Å². The molecule has 1 aliphatic rings. The molecule has 0 aliphatic heterocycles. The molecule has 1 amide bonds. The van der Waals surface area contributed by atoms with E-state index in [0.29, 0.717) is 10.4 Å². The zero-order chi connectivity index (χ0) is 17.6. The van der Waals surface area contributed by atoms with Crippen molar-refractivity contribution in [2.24, 2.45) is 5.10 Å². The molecule has 0 atom stereocenters. The number of nitro benzene ring substituents is 1. The van der Waals surface area contributed by atoms with Crippen LogP contribution in [0, 0.1) is 10.1 Å². The van der Waals surface area contributed by atoms with E-state index in [0.717, 1.165) is 12.8 Å². The summed E-state index contributed by atoms with van der Waals surface area (Å²) in [7, 11) is 0. The Morgan fingerprint density at radius 1 is 1.28 bits per heavy atom. The first kappa shape index (κ1) is 17.0. The molecule has 0 saturated heterocycles. The van der Waals surface area contributed by atoms with Gasteiger partial charge in [0.05, 0.1) is 15.4 Å². The topological polar surface area (TPSA) is 84.6 Å². The Balaban J connectivity index is 1.59. The first-order valence-electron chi connectivity index (χ1n) is 8.00. The summed E-state index contributed by atoms with van der Waals surface area (Å²) in [5, 5.41) is 14.8. The zero-order valence-corrected chi connectivity index (χ0v) is 14.3. The monoisotopic (exact) mass is 355 g/mol. The van der Waals surface area contributed by atoms with Crippen molar-refractivity contribution >= 4 is 35.2 Å². The van der Waals surface area contributed by atoms with Gasteiger partial charge in [-0.1, -0.05) is 12.1 Å². The average molecular weight is 355 g/mol. The number of fused-ring (bicyclic) bond motifs is 1. The molecule has 1 N–H and O–H groups in total. The summed E-state index contributed by atoms with van der Waals surface area (Å²) in [6.07, 6.45) is 9.00. The van der Waals surface area contributed by atoms with Crippen LogP contribution in [0.1, 0.15) is 38.5 Å². The summed E-state index contributed by atoms with van der Waals surface area (Å²) in [6, 6.07) is 8.39. The summed E-state index contributed by atoms with van der Waals surface area (Å²) in [6.45, 7) is 0. The molecule has 1 aromatic carbocycles. The maximum absolute atomic E-state index is 12.1. The number of hydrogen-bond acceptors (Lipinski definition) is 5. The van der Waals surface area contributed by atoms with Crippen molar-refractivity contribution in [3.05, 3.63) is 67.4 Å². The second kappa shape index (κ2) is 7.85. The third kappa shape index (κ3) is 4.19. The van der Waals surface area contributed by atoms with Gasteiger partial charge in [0, 0.05) is 17.2 Å². The molecule has 6 nitrogen and oxygen atoms in total. The van der Waals surface area contributed by atoms with Crippen molar-refractivity contribution in [3.8, 4) is 0 Å². The number of amides is 1. The highest BCUT2D eigenvalue weighted by atomic mass is 32.1. The SMILES string of the molecule is O=C(N/N=C/C=C/c1ccccc1[N+](=O)[O-])c1cc2c(s1)CCCC2.